The molecular formula is C18H19NO4S. The minimum Gasteiger partial charge on any atom is -0.478 e. The third kappa shape index (κ3) is 3.49. The molecule has 0 radical (unpaired) electrons. The topological polar surface area (TPSA) is 83.5 Å². The Labute approximate surface area is 141 Å². The van der Waals surface area contributed by atoms with E-state index in [4.69, 9.17) is 5.11 Å². The van der Waals surface area contributed by atoms with Crippen molar-refractivity contribution in [2.75, 3.05) is 0 Å². The van der Waals surface area contributed by atoms with E-state index in [0.29, 0.717) is 5.56 Å². The monoisotopic (exact) mass is 345 g/mol. The van der Waals surface area contributed by atoms with Gasteiger partial charge in [-0.2, -0.15) is 0 Å². The van der Waals surface area contributed by atoms with Crippen molar-refractivity contribution in [3.05, 3.63) is 71.3 Å². The summed E-state index contributed by atoms with van der Waals surface area (Å²) in [5.74, 6) is -1.30. The second-order valence-corrected chi connectivity index (χ2v) is 7.89. The number of carbonyl (C=O) groups is 1. The molecule has 0 aromatic heterocycles. The maximum Gasteiger partial charge on any atom is 0.335 e. The van der Waals surface area contributed by atoms with Gasteiger partial charge < -0.3 is 5.11 Å². The van der Waals surface area contributed by atoms with Crippen molar-refractivity contribution >= 4 is 16.0 Å². The van der Waals surface area contributed by atoms with Crippen LogP contribution in [0.1, 0.15) is 40.7 Å². The van der Waals surface area contributed by atoms with E-state index in [1.54, 1.807) is 12.1 Å². The van der Waals surface area contributed by atoms with Crippen LogP contribution in [-0.4, -0.2) is 19.5 Å². The summed E-state index contributed by atoms with van der Waals surface area (Å²) >= 11 is 0. The summed E-state index contributed by atoms with van der Waals surface area (Å²) in [4.78, 5) is 11.0. The molecule has 0 saturated heterocycles. The van der Waals surface area contributed by atoms with Crippen molar-refractivity contribution in [3.8, 4) is 0 Å². The second-order valence-electron chi connectivity index (χ2n) is 6.17. The number of aromatic carboxylic acids is 1. The van der Waals surface area contributed by atoms with Crippen molar-refractivity contribution in [1.29, 1.82) is 0 Å². The summed E-state index contributed by atoms with van der Waals surface area (Å²) in [7, 11) is -3.59. The number of carboxylic acid groups (broad SMARTS) is 1. The van der Waals surface area contributed by atoms with Gasteiger partial charge in [0.2, 0.25) is 10.0 Å². The molecule has 0 aliphatic heterocycles. The van der Waals surface area contributed by atoms with Crippen molar-refractivity contribution in [2.24, 2.45) is 0 Å². The lowest BCUT2D eigenvalue weighted by atomic mass is 9.73. The quantitative estimate of drug-likeness (QED) is 0.843. The Hall–Kier alpha value is -2.18. The third-order valence-electron chi connectivity index (χ3n) is 4.41. The highest BCUT2D eigenvalue weighted by Gasteiger charge is 2.41. The van der Waals surface area contributed by atoms with Crippen LogP contribution in [0.5, 0.6) is 0 Å². The molecule has 126 valence electrons. The fourth-order valence-corrected chi connectivity index (χ4v) is 4.69. The van der Waals surface area contributed by atoms with E-state index in [2.05, 4.69) is 4.72 Å². The lowest BCUT2D eigenvalue weighted by Crippen LogP contribution is -2.50. The SMILES string of the molecule is O=C(O)c1cccc(CS(=O)(=O)NC2(c3ccccc3)CCC2)c1. The molecule has 2 N–H and O–H groups in total. The fourth-order valence-electron chi connectivity index (χ4n) is 3.08. The predicted octanol–water partition coefficient (Wildman–Crippen LogP) is 2.88. The Balaban J connectivity index is 1.81. The average molecular weight is 345 g/mol. The zero-order valence-corrected chi connectivity index (χ0v) is 13.9. The zero-order chi connectivity index (χ0) is 17.2. The van der Waals surface area contributed by atoms with Gasteiger partial charge in [0.05, 0.1) is 16.9 Å². The van der Waals surface area contributed by atoms with Gasteiger partial charge in [-0.3, -0.25) is 0 Å². The van der Waals surface area contributed by atoms with E-state index in [9.17, 15) is 13.2 Å². The fraction of sp³-hybridized carbons (Fsp3) is 0.278. The maximum atomic E-state index is 12.6. The first-order chi connectivity index (χ1) is 11.4. The van der Waals surface area contributed by atoms with Crippen LogP contribution in [0.4, 0.5) is 0 Å². The van der Waals surface area contributed by atoms with Gasteiger partial charge in [-0.05, 0) is 42.5 Å². The van der Waals surface area contributed by atoms with E-state index in [0.717, 1.165) is 24.8 Å². The van der Waals surface area contributed by atoms with Crippen molar-refractivity contribution in [2.45, 2.75) is 30.6 Å². The number of carboxylic acids is 1. The first-order valence-electron chi connectivity index (χ1n) is 7.80. The predicted molar refractivity (Wildman–Crippen MR) is 91.1 cm³/mol. The van der Waals surface area contributed by atoms with Crippen LogP contribution in [-0.2, 0) is 21.3 Å². The Morgan fingerprint density at radius 2 is 1.79 bits per heavy atom. The zero-order valence-electron chi connectivity index (χ0n) is 13.1. The van der Waals surface area contributed by atoms with Gasteiger partial charge >= 0.3 is 5.97 Å². The van der Waals surface area contributed by atoms with Gasteiger partial charge in [0, 0.05) is 0 Å². The average Bonchev–Trinajstić information content (AvgIpc) is 2.51. The molecule has 3 rings (SSSR count). The van der Waals surface area contributed by atoms with Gasteiger partial charge in [-0.1, -0.05) is 42.5 Å². The molecule has 0 heterocycles. The maximum absolute atomic E-state index is 12.6. The number of benzene rings is 2. The van der Waals surface area contributed by atoms with Gasteiger partial charge in [-0.25, -0.2) is 17.9 Å². The number of sulfonamides is 1. The molecular weight excluding hydrogens is 326 g/mol. The smallest absolute Gasteiger partial charge is 0.335 e. The lowest BCUT2D eigenvalue weighted by molar-refractivity contribution is 0.0696. The van der Waals surface area contributed by atoms with Crippen LogP contribution in [0.3, 0.4) is 0 Å². The first kappa shape index (κ1) is 16.7. The number of hydrogen-bond acceptors (Lipinski definition) is 3. The summed E-state index contributed by atoms with van der Waals surface area (Å²) in [5.41, 5.74) is 0.984. The Bertz CT molecular complexity index is 842. The van der Waals surface area contributed by atoms with Gasteiger partial charge in [-0.15, -0.1) is 0 Å². The normalized spacial score (nSPS) is 16.3. The molecule has 5 nitrogen and oxygen atoms in total. The first-order valence-corrected chi connectivity index (χ1v) is 9.45. The van der Waals surface area contributed by atoms with Crippen molar-refractivity contribution in [3.63, 3.8) is 0 Å². The van der Waals surface area contributed by atoms with Crippen molar-refractivity contribution < 1.29 is 18.3 Å². The number of rotatable bonds is 6. The molecule has 0 spiro atoms. The van der Waals surface area contributed by atoms with E-state index < -0.39 is 21.5 Å². The van der Waals surface area contributed by atoms with Gasteiger partial charge in [0.1, 0.15) is 0 Å². The molecule has 6 heteroatoms. The molecule has 1 fully saturated rings. The molecule has 1 aliphatic rings. The molecule has 1 aliphatic carbocycles. The second kappa shape index (κ2) is 6.37. The van der Waals surface area contributed by atoms with Crippen LogP contribution in [0.15, 0.2) is 54.6 Å². The summed E-state index contributed by atoms with van der Waals surface area (Å²) in [5, 5.41) is 9.02. The summed E-state index contributed by atoms with van der Waals surface area (Å²) in [6.45, 7) is 0. The molecule has 0 atom stereocenters. The van der Waals surface area contributed by atoms with E-state index in [1.807, 2.05) is 30.3 Å². The molecule has 0 bridgehead atoms. The van der Waals surface area contributed by atoms with Crippen LogP contribution in [0, 0.1) is 0 Å². The molecule has 2 aromatic carbocycles. The van der Waals surface area contributed by atoms with Crippen LogP contribution in [0.25, 0.3) is 0 Å². The molecule has 2 aromatic rings. The summed E-state index contributed by atoms with van der Waals surface area (Å²) in [6.07, 6.45) is 2.52. The Morgan fingerprint density at radius 3 is 2.38 bits per heavy atom. The van der Waals surface area contributed by atoms with E-state index in [1.165, 1.54) is 12.1 Å². The van der Waals surface area contributed by atoms with Crippen LogP contribution < -0.4 is 4.72 Å². The largest absolute Gasteiger partial charge is 0.478 e. The molecule has 0 amide bonds. The molecule has 24 heavy (non-hydrogen) atoms. The van der Waals surface area contributed by atoms with E-state index >= 15 is 0 Å². The summed E-state index contributed by atoms with van der Waals surface area (Å²) < 4.78 is 28.1. The summed E-state index contributed by atoms with van der Waals surface area (Å²) in [6, 6.07) is 15.6. The molecule has 0 unspecified atom stereocenters. The standard InChI is InChI=1S/C18H19NO4S/c20-17(21)15-7-4-6-14(12-15)13-24(22,23)19-18(10-5-11-18)16-8-2-1-3-9-16/h1-4,6-9,12,19H,5,10-11,13H2,(H,20,21). The number of nitrogens with one attached hydrogen (secondary N) is 1. The lowest BCUT2D eigenvalue weighted by Gasteiger charge is -2.42. The van der Waals surface area contributed by atoms with E-state index in [-0.39, 0.29) is 11.3 Å². The van der Waals surface area contributed by atoms with Gasteiger partial charge in [0.25, 0.3) is 0 Å². The highest BCUT2D eigenvalue weighted by atomic mass is 32.2. The van der Waals surface area contributed by atoms with Crippen LogP contribution >= 0.6 is 0 Å². The minimum atomic E-state index is -3.59. The third-order valence-corrected chi connectivity index (χ3v) is 5.83. The van der Waals surface area contributed by atoms with Crippen LogP contribution in [0.2, 0.25) is 0 Å². The highest BCUT2D eigenvalue weighted by molar-refractivity contribution is 7.88. The minimum absolute atomic E-state index is 0.0871. The highest BCUT2D eigenvalue weighted by Crippen LogP contribution is 2.41. The Morgan fingerprint density at radius 1 is 1.08 bits per heavy atom. The van der Waals surface area contributed by atoms with Crippen molar-refractivity contribution in [1.82, 2.24) is 4.72 Å². The number of hydrogen-bond donors (Lipinski definition) is 2. The molecule has 1 saturated carbocycles. The van der Waals surface area contributed by atoms with Gasteiger partial charge in [0.15, 0.2) is 0 Å². The Kier molecular flexibility index (Phi) is 4.43.